The summed E-state index contributed by atoms with van der Waals surface area (Å²) in [6.07, 6.45) is 1.37. The number of nitrogens with two attached hydrogens (primary N) is 1. The quantitative estimate of drug-likeness (QED) is 0.759. The third kappa shape index (κ3) is 5.93. The summed E-state index contributed by atoms with van der Waals surface area (Å²) in [4.78, 5) is 0. The van der Waals surface area contributed by atoms with Gasteiger partial charge in [-0.2, -0.15) is 0 Å². The van der Waals surface area contributed by atoms with Gasteiger partial charge in [-0.25, -0.2) is 13.6 Å². The van der Waals surface area contributed by atoms with Crippen LogP contribution in [0.1, 0.15) is 33.6 Å². The molecule has 0 heterocycles. The van der Waals surface area contributed by atoms with Gasteiger partial charge >= 0.3 is 0 Å². The zero-order valence-corrected chi connectivity index (χ0v) is 13.8. The van der Waals surface area contributed by atoms with Gasteiger partial charge in [-0.3, -0.25) is 0 Å². The lowest BCUT2D eigenvalue weighted by molar-refractivity contribution is 0.154. The van der Waals surface area contributed by atoms with E-state index in [1.165, 1.54) is 0 Å². The lowest BCUT2D eigenvalue weighted by Crippen LogP contribution is -2.37. The highest BCUT2D eigenvalue weighted by Gasteiger charge is 2.32. The van der Waals surface area contributed by atoms with Crippen molar-refractivity contribution in [3.8, 4) is 11.5 Å². The minimum Gasteiger partial charge on any atom is -0.494 e. The van der Waals surface area contributed by atoms with Crippen molar-refractivity contribution in [2.24, 2.45) is 10.6 Å². The first-order valence-corrected chi connectivity index (χ1v) is 8.92. The molecule has 0 saturated carbocycles. The van der Waals surface area contributed by atoms with Gasteiger partial charge in [0, 0.05) is 11.5 Å². The zero-order valence-electron chi connectivity index (χ0n) is 13.0. The highest BCUT2D eigenvalue weighted by Crippen LogP contribution is 2.30. The maximum atomic E-state index is 11.4. The van der Waals surface area contributed by atoms with Gasteiger partial charge in [-0.15, -0.1) is 0 Å². The topological polar surface area (TPSA) is 78.6 Å². The van der Waals surface area contributed by atoms with E-state index in [2.05, 4.69) is 0 Å². The van der Waals surface area contributed by atoms with Crippen LogP contribution in [0.3, 0.4) is 0 Å². The van der Waals surface area contributed by atoms with Gasteiger partial charge in [0.05, 0.1) is 19.0 Å². The predicted octanol–water partition coefficient (Wildman–Crippen LogP) is 2.56. The van der Waals surface area contributed by atoms with Crippen molar-refractivity contribution >= 4 is 10.0 Å². The number of ether oxygens (including phenoxy) is 2. The minimum atomic E-state index is -3.53. The molecular formula is C15H25NO4S. The fourth-order valence-corrected chi connectivity index (χ4v) is 3.53. The third-order valence-electron chi connectivity index (χ3n) is 3.67. The molecule has 0 aliphatic rings. The van der Waals surface area contributed by atoms with Gasteiger partial charge in [0.15, 0.2) is 0 Å². The normalized spacial score (nSPS) is 12.2. The van der Waals surface area contributed by atoms with E-state index in [9.17, 15) is 8.42 Å². The molecule has 120 valence electrons. The average Bonchev–Trinajstić information content (AvgIpc) is 2.43. The first-order valence-electron chi connectivity index (χ1n) is 7.20. The Labute approximate surface area is 127 Å². The van der Waals surface area contributed by atoms with Gasteiger partial charge in [0.1, 0.15) is 11.5 Å². The fourth-order valence-electron chi connectivity index (χ4n) is 2.18. The van der Waals surface area contributed by atoms with E-state index >= 15 is 0 Å². The van der Waals surface area contributed by atoms with Crippen molar-refractivity contribution in [2.75, 3.05) is 19.0 Å². The van der Waals surface area contributed by atoms with Gasteiger partial charge in [0.25, 0.3) is 0 Å². The molecule has 0 aliphatic carbocycles. The van der Waals surface area contributed by atoms with Crippen molar-refractivity contribution in [3.05, 3.63) is 24.3 Å². The van der Waals surface area contributed by atoms with E-state index in [-0.39, 0.29) is 5.75 Å². The van der Waals surface area contributed by atoms with Crippen LogP contribution in [0.4, 0.5) is 0 Å². The second-order valence-electron chi connectivity index (χ2n) is 5.21. The monoisotopic (exact) mass is 315 g/mol. The summed E-state index contributed by atoms with van der Waals surface area (Å²) in [7, 11) is -3.53. The van der Waals surface area contributed by atoms with Crippen LogP contribution >= 0.6 is 0 Å². The molecule has 1 aromatic carbocycles. The average molecular weight is 315 g/mol. The molecule has 0 radical (unpaired) electrons. The van der Waals surface area contributed by atoms with Crippen molar-refractivity contribution in [3.63, 3.8) is 0 Å². The summed E-state index contributed by atoms with van der Waals surface area (Å²) < 4.78 is 34.0. The Hall–Kier alpha value is -1.27. The van der Waals surface area contributed by atoms with E-state index < -0.39 is 15.4 Å². The van der Waals surface area contributed by atoms with Crippen LogP contribution in [-0.2, 0) is 10.0 Å². The van der Waals surface area contributed by atoms with E-state index in [1.54, 1.807) is 6.07 Å². The Bertz CT molecular complexity index is 538. The Morgan fingerprint density at radius 2 is 1.67 bits per heavy atom. The zero-order chi connectivity index (χ0) is 15.9. The van der Waals surface area contributed by atoms with Crippen LogP contribution in [0, 0.1) is 5.41 Å². The maximum absolute atomic E-state index is 11.4. The molecule has 0 amide bonds. The first-order chi connectivity index (χ1) is 9.84. The third-order valence-corrected chi connectivity index (χ3v) is 4.68. The molecule has 0 bridgehead atoms. The molecule has 0 unspecified atom stereocenters. The van der Waals surface area contributed by atoms with Crippen LogP contribution in [0.5, 0.6) is 11.5 Å². The second-order valence-corrected chi connectivity index (χ2v) is 6.83. The molecule has 0 aromatic heterocycles. The van der Waals surface area contributed by atoms with Gasteiger partial charge < -0.3 is 9.47 Å². The lowest BCUT2D eigenvalue weighted by atomic mass is 9.85. The molecule has 0 spiro atoms. The molecule has 0 fully saturated rings. The predicted molar refractivity (Wildman–Crippen MR) is 84.1 cm³/mol. The number of rotatable bonds is 9. The molecule has 1 aromatic rings. The molecule has 0 atom stereocenters. The highest BCUT2D eigenvalue weighted by molar-refractivity contribution is 7.89. The molecule has 6 heteroatoms. The fraction of sp³-hybridized carbons (Fsp3) is 0.600. The summed E-state index contributed by atoms with van der Waals surface area (Å²) in [5.74, 6) is 1.33. The van der Waals surface area contributed by atoms with E-state index in [1.807, 2.05) is 39.0 Å². The standard InChI is InChI=1S/C15H25NO4S/c1-4-15(5-2,12-21(16,17)18)11-20-14-9-7-8-13(10-14)19-6-3/h7-10H,4-6,11-12H2,1-3H3,(H2,16,17,18). The second kappa shape index (κ2) is 7.66. The maximum Gasteiger partial charge on any atom is 0.209 e. The molecule has 2 N–H and O–H groups in total. The summed E-state index contributed by atoms with van der Waals surface area (Å²) >= 11 is 0. The van der Waals surface area contributed by atoms with Crippen molar-refractivity contribution in [2.45, 2.75) is 33.6 Å². The number of hydrogen-bond donors (Lipinski definition) is 1. The summed E-state index contributed by atoms with van der Waals surface area (Å²) in [5.41, 5.74) is -0.463. The molecule has 0 saturated heterocycles. The van der Waals surface area contributed by atoms with Gasteiger partial charge in [-0.05, 0) is 31.9 Å². The van der Waals surface area contributed by atoms with E-state index in [0.717, 1.165) is 5.75 Å². The Balaban J connectivity index is 2.79. The minimum absolute atomic E-state index is 0.0713. The molecule has 21 heavy (non-hydrogen) atoms. The van der Waals surface area contributed by atoms with Crippen LogP contribution in [0.2, 0.25) is 0 Å². The molecular weight excluding hydrogens is 290 g/mol. The van der Waals surface area contributed by atoms with Crippen LogP contribution in [-0.4, -0.2) is 27.4 Å². The first kappa shape index (κ1) is 17.8. The molecule has 1 rings (SSSR count). The van der Waals surface area contributed by atoms with Crippen LogP contribution < -0.4 is 14.6 Å². The van der Waals surface area contributed by atoms with Crippen molar-refractivity contribution in [1.29, 1.82) is 0 Å². The van der Waals surface area contributed by atoms with Crippen LogP contribution in [0.25, 0.3) is 0 Å². The highest BCUT2D eigenvalue weighted by atomic mass is 32.2. The summed E-state index contributed by atoms with van der Waals surface area (Å²) in [5, 5.41) is 5.20. The largest absolute Gasteiger partial charge is 0.494 e. The Morgan fingerprint density at radius 3 is 2.14 bits per heavy atom. The van der Waals surface area contributed by atoms with E-state index in [0.29, 0.717) is 31.8 Å². The number of benzene rings is 1. The van der Waals surface area contributed by atoms with E-state index in [4.69, 9.17) is 14.6 Å². The summed E-state index contributed by atoms with van der Waals surface area (Å²) in [6.45, 7) is 6.72. The Kier molecular flexibility index (Phi) is 6.48. The van der Waals surface area contributed by atoms with Gasteiger partial charge in [0.2, 0.25) is 10.0 Å². The molecule has 5 nitrogen and oxygen atoms in total. The SMILES string of the molecule is CCOc1cccc(OCC(CC)(CC)CS(N)(=O)=O)c1. The van der Waals surface area contributed by atoms with Crippen LogP contribution in [0.15, 0.2) is 24.3 Å². The molecule has 0 aliphatic heterocycles. The number of sulfonamides is 1. The van der Waals surface area contributed by atoms with Crippen molar-refractivity contribution < 1.29 is 17.9 Å². The van der Waals surface area contributed by atoms with Crippen molar-refractivity contribution in [1.82, 2.24) is 0 Å². The number of hydrogen-bond acceptors (Lipinski definition) is 4. The lowest BCUT2D eigenvalue weighted by Gasteiger charge is -2.30. The van der Waals surface area contributed by atoms with Gasteiger partial charge in [-0.1, -0.05) is 19.9 Å². The Morgan fingerprint density at radius 1 is 1.10 bits per heavy atom. The number of primary sulfonamides is 1. The summed E-state index contributed by atoms with van der Waals surface area (Å²) in [6, 6.07) is 7.33. The smallest absolute Gasteiger partial charge is 0.209 e.